The number of nitrogens with zero attached hydrogens (tertiary/aromatic N) is 4. The number of carbonyl (C=O) groups is 3. The molecule has 1 aliphatic rings. The van der Waals surface area contributed by atoms with Crippen LogP contribution >= 0.6 is 0 Å². The van der Waals surface area contributed by atoms with Crippen molar-refractivity contribution in [2.24, 2.45) is 16.2 Å². The van der Waals surface area contributed by atoms with E-state index in [0.717, 1.165) is 6.92 Å². The summed E-state index contributed by atoms with van der Waals surface area (Å²) in [6.45, 7) is 14.9. The van der Waals surface area contributed by atoms with Gasteiger partial charge in [0.25, 0.3) is 17.7 Å². The van der Waals surface area contributed by atoms with Crippen molar-refractivity contribution in [2.45, 2.75) is 92.7 Å². The number of amides is 1. The monoisotopic (exact) mass is 695 g/mol. The molecule has 1 fully saturated rings. The summed E-state index contributed by atoms with van der Waals surface area (Å²) in [6, 6.07) is 9.22. The van der Waals surface area contributed by atoms with Crippen molar-refractivity contribution in [3.63, 3.8) is 0 Å². The maximum Gasteiger partial charge on any atom is 0.453 e. The third kappa shape index (κ3) is 9.58. The first-order chi connectivity index (χ1) is 22.6. The van der Waals surface area contributed by atoms with Gasteiger partial charge in [0, 0.05) is 42.0 Å². The summed E-state index contributed by atoms with van der Waals surface area (Å²) in [6.07, 6.45) is -4.78. The van der Waals surface area contributed by atoms with Crippen molar-refractivity contribution in [2.75, 3.05) is 13.2 Å². The summed E-state index contributed by atoms with van der Waals surface area (Å²) in [5.41, 5.74) is -1.29. The maximum absolute atomic E-state index is 13.3. The molecule has 1 saturated carbocycles. The zero-order valence-corrected chi connectivity index (χ0v) is 28.8. The highest BCUT2D eigenvalue weighted by molar-refractivity contribution is 5.94. The van der Waals surface area contributed by atoms with Gasteiger partial charge in [0.15, 0.2) is 11.8 Å². The predicted molar refractivity (Wildman–Crippen MR) is 170 cm³/mol. The number of unbranched alkanes of at least 4 members (excludes halogenated alkanes) is 1. The van der Waals surface area contributed by atoms with Crippen LogP contribution in [-0.4, -0.2) is 79.3 Å². The molecular weight excluding hydrogens is 651 g/mol. The molecule has 4 rings (SSSR count). The Morgan fingerprint density at radius 3 is 2.04 bits per heavy atom. The number of ether oxygens (including phenoxy) is 3. The smallest absolute Gasteiger partial charge is 0.453 e. The highest BCUT2D eigenvalue weighted by Crippen LogP contribution is 2.55. The van der Waals surface area contributed by atoms with E-state index in [1.165, 1.54) is 12.1 Å². The molecular formula is C33H44F3N5O8. The molecule has 0 saturated heterocycles. The Bertz CT molecular complexity index is 1600. The molecule has 49 heavy (non-hydrogen) atoms. The summed E-state index contributed by atoms with van der Waals surface area (Å²) < 4.78 is 57.9. The number of rotatable bonds is 12. The van der Waals surface area contributed by atoms with Gasteiger partial charge in [-0.05, 0) is 48.6 Å². The number of aliphatic carboxylic acids is 2. The molecule has 270 valence electrons. The van der Waals surface area contributed by atoms with Crippen LogP contribution in [-0.2, 0) is 20.5 Å². The zero-order chi connectivity index (χ0) is 36.9. The van der Waals surface area contributed by atoms with Crippen LogP contribution in [0.3, 0.4) is 0 Å². The number of alkyl halides is 3. The Kier molecular flexibility index (Phi) is 11.9. The number of halogens is 3. The van der Waals surface area contributed by atoms with E-state index in [-0.39, 0.29) is 23.5 Å². The molecule has 1 atom stereocenters. The lowest BCUT2D eigenvalue weighted by atomic mass is 9.49. The molecule has 0 aliphatic heterocycles. The normalized spacial score (nSPS) is 18.8. The SMILES string of the molecule is CC(=O)O.CC(C)(C)C(OCCCCOc1ccc(C(=O)NC2C(C)(C)C(Oc3ccc4nnc(C(F)(F)F)n4n3)C2(C)C)cc1)C(=O)O. The lowest BCUT2D eigenvalue weighted by Crippen LogP contribution is -2.74. The van der Waals surface area contributed by atoms with Crippen molar-refractivity contribution in [1.82, 2.24) is 25.1 Å². The first kappa shape index (κ1) is 39.0. The van der Waals surface area contributed by atoms with E-state index in [9.17, 15) is 27.9 Å². The van der Waals surface area contributed by atoms with Crippen molar-refractivity contribution >= 4 is 23.5 Å². The second-order valence-electron chi connectivity index (χ2n) is 14.1. The number of hydrogen-bond donors (Lipinski definition) is 3. The lowest BCUT2D eigenvalue weighted by molar-refractivity contribution is -0.166. The molecule has 0 spiro atoms. The topological polar surface area (TPSA) is 174 Å². The van der Waals surface area contributed by atoms with Crippen molar-refractivity contribution in [3.05, 3.63) is 47.8 Å². The minimum absolute atomic E-state index is 0.0128. The second-order valence-corrected chi connectivity index (χ2v) is 14.1. The highest BCUT2D eigenvalue weighted by Gasteiger charge is 2.64. The quantitative estimate of drug-likeness (QED) is 0.204. The third-order valence-corrected chi connectivity index (χ3v) is 8.06. The predicted octanol–water partition coefficient (Wildman–Crippen LogP) is 5.52. The lowest BCUT2D eigenvalue weighted by Gasteiger charge is -2.62. The Labute approximate surface area is 282 Å². The van der Waals surface area contributed by atoms with Crippen LogP contribution in [0.1, 0.15) is 84.4 Å². The minimum Gasteiger partial charge on any atom is -0.494 e. The molecule has 3 N–H and O–H groups in total. The summed E-state index contributed by atoms with van der Waals surface area (Å²) in [5.74, 6) is -2.76. The summed E-state index contributed by atoms with van der Waals surface area (Å²) in [7, 11) is 0. The molecule has 2 heterocycles. The largest absolute Gasteiger partial charge is 0.494 e. The first-order valence-electron chi connectivity index (χ1n) is 15.6. The van der Waals surface area contributed by atoms with Crippen molar-refractivity contribution in [1.29, 1.82) is 0 Å². The van der Waals surface area contributed by atoms with E-state index < -0.39 is 52.4 Å². The number of hydrogen-bond acceptors (Lipinski definition) is 9. The van der Waals surface area contributed by atoms with Gasteiger partial charge in [-0.25, -0.2) is 4.79 Å². The number of carboxylic acids is 2. The Morgan fingerprint density at radius 2 is 1.51 bits per heavy atom. The van der Waals surface area contributed by atoms with Crippen LogP contribution in [0.25, 0.3) is 5.65 Å². The Balaban J connectivity index is 0.00000154. The molecule has 2 aromatic heterocycles. The number of benzene rings is 1. The molecule has 0 radical (unpaired) electrons. The van der Waals surface area contributed by atoms with E-state index in [1.54, 1.807) is 24.3 Å². The van der Waals surface area contributed by atoms with Gasteiger partial charge in [-0.3, -0.25) is 9.59 Å². The van der Waals surface area contributed by atoms with Gasteiger partial charge in [-0.1, -0.05) is 48.5 Å². The number of aromatic nitrogens is 4. The van der Waals surface area contributed by atoms with Crippen LogP contribution in [0.15, 0.2) is 36.4 Å². The van der Waals surface area contributed by atoms with Gasteiger partial charge in [-0.2, -0.15) is 17.7 Å². The fraction of sp³-hybridized carbons (Fsp3) is 0.576. The van der Waals surface area contributed by atoms with Gasteiger partial charge in [0.2, 0.25) is 5.88 Å². The Morgan fingerprint density at radius 1 is 0.939 bits per heavy atom. The molecule has 1 aliphatic carbocycles. The summed E-state index contributed by atoms with van der Waals surface area (Å²) >= 11 is 0. The number of fused-ring (bicyclic) bond motifs is 1. The minimum atomic E-state index is -4.73. The van der Waals surface area contributed by atoms with Gasteiger partial charge in [0.05, 0.1) is 6.61 Å². The number of nitrogens with one attached hydrogen (secondary N) is 1. The van der Waals surface area contributed by atoms with Crippen LogP contribution in [0.4, 0.5) is 13.2 Å². The molecule has 13 nitrogen and oxygen atoms in total. The molecule has 0 bridgehead atoms. The van der Waals surface area contributed by atoms with E-state index >= 15 is 0 Å². The van der Waals surface area contributed by atoms with E-state index in [2.05, 4.69) is 20.6 Å². The molecule has 1 amide bonds. The fourth-order valence-electron chi connectivity index (χ4n) is 6.14. The second kappa shape index (κ2) is 15.0. The van der Waals surface area contributed by atoms with Crippen LogP contribution in [0.5, 0.6) is 11.6 Å². The van der Waals surface area contributed by atoms with Gasteiger partial charge in [-0.15, -0.1) is 15.3 Å². The average molecular weight is 696 g/mol. The summed E-state index contributed by atoms with van der Waals surface area (Å²) in [5, 5.41) is 30.5. The van der Waals surface area contributed by atoms with Crippen LogP contribution in [0.2, 0.25) is 0 Å². The molecule has 1 aromatic carbocycles. The molecule has 1 unspecified atom stereocenters. The molecule has 16 heteroatoms. The highest BCUT2D eigenvalue weighted by atomic mass is 19.4. The van der Waals surface area contributed by atoms with E-state index in [4.69, 9.17) is 24.1 Å². The number of carboxylic acid groups (broad SMARTS) is 2. The molecule has 3 aromatic rings. The fourth-order valence-corrected chi connectivity index (χ4v) is 6.14. The van der Waals surface area contributed by atoms with Crippen molar-refractivity contribution in [3.8, 4) is 11.6 Å². The van der Waals surface area contributed by atoms with Crippen LogP contribution < -0.4 is 14.8 Å². The first-order valence-corrected chi connectivity index (χ1v) is 15.6. The summed E-state index contributed by atoms with van der Waals surface area (Å²) in [4.78, 5) is 33.6. The van der Waals surface area contributed by atoms with Crippen LogP contribution in [0, 0.1) is 16.2 Å². The average Bonchev–Trinajstić information content (AvgIpc) is 3.41. The van der Waals surface area contributed by atoms with E-state index in [0.29, 0.717) is 41.9 Å². The van der Waals surface area contributed by atoms with Gasteiger partial charge >= 0.3 is 12.1 Å². The Hall–Kier alpha value is -4.47. The number of carbonyl (C=O) groups excluding carboxylic acids is 1. The van der Waals surface area contributed by atoms with Gasteiger partial charge in [0.1, 0.15) is 11.9 Å². The van der Waals surface area contributed by atoms with Gasteiger partial charge < -0.3 is 29.7 Å². The standard InChI is InChI=1S/C31H40F3N5O6.C2H4O2/c1-28(2,3)22(24(41)42)44-17-9-8-16-43-19-12-10-18(11-13-19)23(40)35-25-29(4,5)26(30(25,6)7)45-21-15-14-20-36-37-27(31(32,33)34)39(20)38-21;1-2(3)4/h10-15,22,25-26H,8-9,16-17H2,1-7H3,(H,35,40)(H,41,42);1H3,(H,3,4). The zero-order valence-electron chi connectivity index (χ0n) is 28.8. The maximum atomic E-state index is 13.3. The van der Waals surface area contributed by atoms with E-state index in [1.807, 2.05) is 48.5 Å². The third-order valence-electron chi connectivity index (χ3n) is 8.06. The van der Waals surface area contributed by atoms with Crippen molar-refractivity contribution < 1.29 is 52.0 Å².